The second kappa shape index (κ2) is 9.08. The quantitative estimate of drug-likeness (QED) is 0.312. The van der Waals surface area contributed by atoms with Crippen LogP contribution in [0.5, 0.6) is 5.75 Å². The van der Waals surface area contributed by atoms with E-state index in [0.29, 0.717) is 28.6 Å². The van der Waals surface area contributed by atoms with Crippen LogP contribution in [0.2, 0.25) is 0 Å². The summed E-state index contributed by atoms with van der Waals surface area (Å²) < 4.78 is 30.0. The number of nitrogens with one attached hydrogen (secondary N) is 1. The van der Waals surface area contributed by atoms with E-state index in [4.69, 9.17) is 4.74 Å². The summed E-state index contributed by atoms with van der Waals surface area (Å²) in [6, 6.07) is 9.27. The number of carbonyl (C=O) groups excluding carboxylic acids is 2. The molecule has 27 heavy (non-hydrogen) atoms. The number of anilines is 1. The van der Waals surface area contributed by atoms with E-state index in [1.54, 1.807) is 0 Å². The van der Waals surface area contributed by atoms with Crippen LogP contribution in [0.1, 0.15) is 17.3 Å². The Kier molecular flexibility index (Phi) is 6.83. The Hall–Kier alpha value is -3.01. The lowest BCUT2D eigenvalue weighted by atomic mass is 10.2. The predicted molar refractivity (Wildman–Crippen MR) is 95.5 cm³/mol. The summed E-state index contributed by atoms with van der Waals surface area (Å²) in [5, 5.41) is 13.3. The number of non-ortho nitro benzene ring substituents is 1. The van der Waals surface area contributed by atoms with E-state index in [1.807, 2.05) is 0 Å². The van der Waals surface area contributed by atoms with Gasteiger partial charge in [-0.05, 0) is 37.3 Å². The summed E-state index contributed by atoms with van der Waals surface area (Å²) in [6.45, 7) is 1.44. The van der Waals surface area contributed by atoms with Gasteiger partial charge in [0.15, 0.2) is 12.4 Å². The Morgan fingerprint density at radius 3 is 2.48 bits per heavy atom. The number of nitrogens with zero attached hydrogens (tertiary/aromatic N) is 1. The van der Waals surface area contributed by atoms with Gasteiger partial charge in [-0.2, -0.15) is 8.78 Å². The molecule has 7 nitrogen and oxygen atoms in total. The molecular weight excluding hydrogens is 382 g/mol. The van der Waals surface area contributed by atoms with Gasteiger partial charge in [0.25, 0.3) is 17.4 Å². The highest BCUT2D eigenvalue weighted by Crippen LogP contribution is 2.27. The van der Waals surface area contributed by atoms with Crippen molar-refractivity contribution in [3.63, 3.8) is 0 Å². The molecule has 0 aliphatic heterocycles. The maximum atomic E-state index is 12.3. The minimum Gasteiger partial charge on any atom is -0.480 e. The van der Waals surface area contributed by atoms with Crippen LogP contribution in [0, 0.1) is 10.1 Å². The van der Waals surface area contributed by atoms with Gasteiger partial charge >= 0.3 is 0 Å². The zero-order valence-electron chi connectivity index (χ0n) is 13.9. The van der Waals surface area contributed by atoms with Gasteiger partial charge in [0.1, 0.15) is 5.75 Å². The second-order valence-electron chi connectivity index (χ2n) is 5.25. The van der Waals surface area contributed by atoms with E-state index in [-0.39, 0.29) is 17.0 Å². The number of thioether (sulfide) groups is 1. The molecule has 0 radical (unpaired) electrons. The molecule has 2 aromatic rings. The summed E-state index contributed by atoms with van der Waals surface area (Å²) in [5.41, 5.74) is 0.0499. The average Bonchev–Trinajstić information content (AvgIpc) is 2.62. The average molecular weight is 396 g/mol. The first-order valence-corrected chi connectivity index (χ1v) is 8.44. The number of amides is 1. The first-order chi connectivity index (χ1) is 12.8. The SMILES string of the molecule is C[C@H](Oc1ccc([N+](=O)[O-])cc1C=O)C(=O)Nc1ccc(SC(F)F)cc1. The first kappa shape index (κ1) is 20.3. The van der Waals surface area contributed by atoms with Crippen LogP contribution in [-0.2, 0) is 4.79 Å². The van der Waals surface area contributed by atoms with Crippen molar-refractivity contribution in [3.05, 3.63) is 58.1 Å². The van der Waals surface area contributed by atoms with Gasteiger partial charge in [-0.1, -0.05) is 11.8 Å². The van der Waals surface area contributed by atoms with Crippen molar-refractivity contribution in [1.29, 1.82) is 0 Å². The van der Waals surface area contributed by atoms with Gasteiger partial charge < -0.3 is 10.1 Å². The first-order valence-electron chi connectivity index (χ1n) is 7.56. The minimum atomic E-state index is -2.53. The van der Waals surface area contributed by atoms with Gasteiger partial charge in [0, 0.05) is 22.7 Å². The third-order valence-electron chi connectivity index (χ3n) is 3.35. The molecule has 0 spiro atoms. The van der Waals surface area contributed by atoms with Crippen molar-refractivity contribution in [2.75, 3.05) is 5.32 Å². The lowest BCUT2D eigenvalue weighted by molar-refractivity contribution is -0.384. The van der Waals surface area contributed by atoms with E-state index >= 15 is 0 Å². The maximum absolute atomic E-state index is 12.3. The maximum Gasteiger partial charge on any atom is 0.288 e. The molecule has 0 saturated carbocycles. The van der Waals surface area contributed by atoms with Gasteiger partial charge in [0.05, 0.1) is 10.5 Å². The molecule has 0 bridgehead atoms. The topological polar surface area (TPSA) is 98.5 Å². The van der Waals surface area contributed by atoms with Crippen LogP contribution in [-0.4, -0.2) is 29.0 Å². The fourth-order valence-electron chi connectivity index (χ4n) is 2.06. The van der Waals surface area contributed by atoms with Crippen LogP contribution in [0.25, 0.3) is 0 Å². The molecule has 2 aromatic carbocycles. The molecule has 0 heterocycles. The Bertz CT molecular complexity index is 846. The molecular formula is C17H14F2N2O5S. The number of aldehydes is 1. The Balaban J connectivity index is 2.03. The smallest absolute Gasteiger partial charge is 0.288 e. The normalized spacial score (nSPS) is 11.7. The van der Waals surface area contributed by atoms with E-state index in [2.05, 4.69) is 5.32 Å². The van der Waals surface area contributed by atoms with Crippen molar-refractivity contribution in [2.45, 2.75) is 23.7 Å². The van der Waals surface area contributed by atoms with Crippen molar-refractivity contribution in [1.82, 2.24) is 0 Å². The molecule has 1 amide bonds. The number of nitro benzene ring substituents is 1. The lowest BCUT2D eigenvalue weighted by Gasteiger charge is -2.16. The van der Waals surface area contributed by atoms with E-state index in [1.165, 1.54) is 37.3 Å². The van der Waals surface area contributed by atoms with Gasteiger partial charge in [0.2, 0.25) is 0 Å². The van der Waals surface area contributed by atoms with Gasteiger partial charge in [-0.25, -0.2) is 0 Å². The monoisotopic (exact) mass is 396 g/mol. The Morgan fingerprint density at radius 1 is 1.26 bits per heavy atom. The number of alkyl halides is 2. The van der Waals surface area contributed by atoms with E-state index < -0.39 is 22.7 Å². The highest BCUT2D eigenvalue weighted by molar-refractivity contribution is 7.99. The highest BCUT2D eigenvalue weighted by Gasteiger charge is 2.18. The Morgan fingerprint density at radius 2 is 1.93 bits per heavy atom. The molecule has 0 aromatic heterocycles. The zero-order valence-corrected chi connectivity index (χ0v) is 14.7. The summed E-state index contributed by atoms with van der Waals surface area (Å²) in [6.07, 6.45) is -0.618. The fourth-order valence-corrected chi connectivity index (χ4v) is 2.56. The molecule has 2 rings (SSSR count). The molecule has 0 fully saturated rings. The van der Waals surface area contributed by atoms with Crippen molar-refractivity contribution < 1.29 is 28.0 Å². The lowest BCUT2D eigenvalue weighted by Crippen LogP contribution is -2.30. The van der Waals surface area contributed by atoms with Crippen LogP contribution in [0.15, 0.2) is 47.4 Å². The zero-order chi connectivity index (χ0) is 20.0. The van der Waals surface area contributed by atoms with Crippen molar-refractivity contribution in [2.24, 2.45) is 0 Å². The Labute approximate surface area is 156 Å². The minimum absolute atomic E-state index is 0.0296. The summed E-state index contributed by atoms with van der Waals surface area (Å²) >= 11 is 0.390. The van der Waals surface area contributed by atoms with E-state index in [0.717, 1.165) is 12.1 Å². The number of ether oxygens (including phenoxy) is 1. The summed E-state index contributed by atoms with van der Waals surface area (Å²) in [7, 11) is 0. The van der Waals surface area contributed by atoms with Gasteiger partial charge in [-0.15, -0.1) is 0 Å². The molecule has 1 atom stereocenters. The number of hydrogen-bond acceptors (Lipinski definition) is 6. The van der Waals surface area contributed by atoms with E-state index in [9.17, 15) is 28.5 Å². The fraction of sp³-hybridized carbons (Fsp3) is 0.176. The van der Waals surface area contributed by atoms with Gasteiger partial charge in [-0.3, -0.25) is 19.7 Å². The number of nitro groups is 1. The number of halogens is 2. The third-order valence-corrected chi connectivity index (χ3v) is 4.07. The number of rotatable bonds is 8. The summed E-state index contributed by atoms with van der Waals surface area (Å²) in [4.78, 5) is 33.7. The molecule has 142 valence electrons. The standard InChI is InChI=1S/C17H14F2N2O5S/c1-10(26-15-7-4-13(21(24)25)8-11(15)9-22)16(23)20-12-2-5-14(6-3-12)27-17(18)19/h2-10,17H,1H3,(H,20,23)/t10-/m0/s1. The van der Waals surface area contributed by atoms with Crippen LogP contribution in [0.4, 0.5) is 20.2 Å². The van der Waals surface area contributed by atoms with Crippen molar-refractivity contribution >= 4 is 35.3 Å². The molecule has 1 N–H and O–H groups in total. The number of hydrogen-bond donors (Lipinski definition) is 1. The third kappa shape index (κ3) is 5.74. The number of carbonyl (C=O) groups is 2. The summed E-state index contributed by atoms with van der Waals surface area (Å²) in [5.74, 6) is -3.05. The van der Waals surface area contributed by atoms with Crippen LogP contribution < -0.4 is 10.1 Å². The molecule has 0 saturated heterocycles. The van der Waals surface area contributed by atoms with Crippen LogP contribution in [0.3, 0.4) is 0 Å². The van der Waals surface area contributed by atoms with Crippen LogP contribution >= 0.6 is 11.8 Å². The molecule has 0 aliphatic carbocycles. The molecule has 0 aliphatic rings. The van der Waals surface area contributed by atoms with Crippen molar-refractivity contribution in [3.8, 4) is 5.75 Å². The molecule has 10 heteroatoms. The highest BCUT2D eigenvalue weighted by atomic mass is 32.2. The number of benzene rings is 2. The largest absolute Gasteiger partial charge is 0.480 e. The predicted octanol–water partition coefficient (Wildman–Crippen LogP) is 4.13. The molecule has 0 unspecified atom stereocenters. The second-order valence-corrected chi connectivity index (χ2v) is 6.31.